The SMILES string of the molecule is NCC=Cc1c(F)c(F)c(C(=O)O)c(F)c1F. The fraction of sp³-hybridized carbons (Fsp3) is 0.100. The van der Waals surface area contributed by atoms with Gasteiger partial charge in [-0.25, -0.2) is 22.4 Å². The number of halogens is 4. The van der Waals surface area contributed by atoms with Gasteiger partial charge in [0.2, 0.25) is 0 Å². The molecule has 0 aliphatic rings. The summed E-state index contributed by atoms with van der Waals surface area (Å²) < 4.78 is 52.8. The number of carboxylic acid groups (broad SMARTS) is 1. The average Bonchev–Trinajstić information content (AvgIpc) is 2.26. The molecule has 0 saturated carbocycles. The van der Waals surface area contributed by atoms with Gasteiger partial charge in [-0.3, -0.25) is 0 Å². The standard InChI is InChI=1S/C10H7F4NO2/c11-6-4(2-1-3-15)7(12)9(14)5(8(6)13)10(16)17/h1-2H,3,15H2,(H,16,17). The molecule has 0 saturated heterocycles. The van der Waals surface area contributed by atoms with Crippen molar-refractivity contribution in [2.75, 3.05) is 6.54 Å². The third kappa shape index (κ3) is 2.28. The molecule has 0 radical (unpaired) electrons. The second-order valence-electron chi connectivity index (χ2n) is 2.99. The Balaban J connectivity index is 3.58. The molecule has 7 heteroatoms. The van der Waals surface area contributed by atoms with E-state index in [1.54, 1.807) is 0 Å². The number of aromatic carboxylic acids is 1. The number of rotatable bonds is 3. The van der Waals surface area contributed by atoms with Crippen molar-refractivity contribution >= 4 is 12.0 Å². The summed E-state index contributed by atoms with van der Waals surface area (Å²) >= 11 is 0. The number of carbonyl (C=O) groups is 1. The molecule has 1 rings (SSSR count). The highest BCUT2D eigenvalue weighted by Gasteiger charge is 2.27. The van der Waals surface area contributed by atoms with Crippen LogP contribution >= 0.6 is 0 Å². The Bertz CT molecular complexity index is 471. The summed E-state index contributed by atoms with van der Waals surface area (Å²) in [6, 6.07) is 0. The molecule has 0 spiro atoms. The van der Waals surface area contributed by atoms with E-state index in [4.69, 9.17) is 10.8 Å². The van der Waals surface area contributed by atoms with Gasteiger partial charge in [0.25, 0.3) is 0 Å². The van der Waals surface area contributed by atoms with Crippen molar-refractivity contribution in [3.63, 3.8) is 0 Å². The molecule has 0 atom stereocenters. The first-order valence-electron chi connectivity index (χ1n) is 4.37. The molecular weight excluding hydrogens is 242 g/mol. The van der Waals surface area contributed by atoms with Crippen LogP contribution in [0.25, 0.3) is 6.08 Å². The second-order valence-corrected chi connectivity index (χ2v) is 2.99. The van der Waals surface area contributed by atoms with Crippen LogP contribution in [-0.2, 0) is 0 Å². The molecule has 1 aromatic rings. The first-order valence-corrected chi connectivity index (χ1v) is 4.37. The molecule has 3 N–H and O–H groups in total. The van der Waals surface area contributed by atoms with Gasteiger partial charge in [-0.15, -0.1) is 0 Å². The largest absolute Gasteiger partial charge is 0.477 e. The number of carboxylic acids is 1. The monoisotopic (exact) mass is 249 g/mol. The summed E-state index contributed by atoms with van der Waals surface area (Å²) in [7, 11) is 0. The van der Waals surface area contributed by atoms with Crippen LogP contribution in [0.4, 0.5) is 17.6 Å². The molecule has 0 bridgehead atoms. The lowest BCUT2D eigenvalue weighted by Gasteiger charge is -2.06. The zero-order valence-electron chi connectivity index (χ0n) is 8.31. The molecule has 17 heavy (non-hydrogen) atoms. The predicted octanol–water partition coefficient (Wildman–Crippen LogP) is 1.91. The maximum atomic E-state index is 13.2. The lowest BCUT2D eigenvalue weighted by molar-refractivity contribution is 0.0683. The summed E-state index contributed by atoms with van der Waals surface area (Å²) in [5.74, 6) is -9.54. The van der Waals surface area contributed by atoms with Gasteiger partial charge in [0.05, 0.1) is 5.56 Å². The summed E-state index contributed by atoms with van der Waals surface area (Å²) in [6.07, 6.45) is 1.81. The van der Waals surface area contributed by atoms with Crippen LogP contribution in [0, 0.1) is 23.3 Å². The Hall–Kier alpha value is -1.89. The average molecular weight is 249 g/mol. The topological polar surface area (TPSA) is 63.3 Å². The van der Waals surface area contributed by atoms with Crippen LogP contribution in [0.1, 0.15) is 15.9 Å². The van der Waals surface area contributed by atoms with E-state index in [9.17, 15) is 22.4 Å². The Kier molecular flexibility index (Phi) is 3.84. The minimum Gasteiger partial charge on any atom is -0.477 e. The van der Waals surface area contributed by atoms with Gasteiger partial charge in [0.15, 0.2) is 23.3 Å². The number of benzene rings is 1. The van der Waals surface area contributed by atoms with Crippen LogP contribution in [-0.4, -0.2) is 17.6 Å². The molecular formula is C10H7F4NO2. The van der Waals surface area contributed by atoms with Crippen LogP contribution < -0.4 is 5.73 Å². The molecule has 0 aliphatic heterocycles. The van der Waals surface area contributed by atoms with Crippen molar-refractivity contribution in [3.8, 4) is 0 Å². The summed E-state index contributed by atoms with van der Waals surface area (Å²) in [5, 5.41) is 8.41. The van der Waals surface area contributed by atoms with Gasteiger partial charge in [-0.1, -0.05) is 12.2 Å². The van der Waals surface area contributed by atoms with Crippen LogP contribution in [0.2, 0.25) is 0 Å². The van der Waals surface area contributed by atoms with Crippen LogP contribution in [0.3, 0.4) is 0 Å². The summed E-state index contributed by atoms with van der Waals surface area (Å²) in [5.41, 5.74) is 2.35. The minimum atomic E-state index is -2.09. The quantitative estimate of drug-likeness (QED) is 0.635. The van der Waals surface area contributed by atoms with E-state index < -0.39 is 40.4 Å². The zero-order valence-corrected chi connectivity index (χ0v) is 8.31. The molecule has 0 aliphatic carbocycles. The van der Waals surface area contributed by atoms with Crippen molar-refractivity contribution in [2.45, 2.75) is 0 Å². The number of hydrogen-bond acceptors (Lipinski definition) is 2. The lowest BCUT2D eigenvalue weighted by Crippen LogP contribution is -2.11. The highest BCUT2D eigenvalue weighted by atomic mass is 19.2. The fourth-order valence-electron chi connectivity index (χ4n) is 1.17. The first kappa shape index (κ1) is 13.2. The van der Waals surface area contributed by atoms with Crippen molar-refractivity contribution in [3.05, 3.63) is 40.5 Å². The zero-order chi connectivity index (χ0) is 13.2. The summed E-state index contributed by atoms with van der Waals surface area (Å²) in [4.78, 5) is 10.4. The summed E-state index contributed by atoms with van der Waals surface area (Å²) in [6.45, 7) is -0.0944. The molecule has 0 unspecified atom stereocenters. The Morgan fingerprint density at radius 3 is 1.94 bits per heavy atom. The van der Waals surface area contributed by atoms with Crippen molar-refractivity contribution < 1.29 is 27.5 Å². The van der Waals surface area contributed by atoms with E-state index >= 15 is 0 Å². The lowest BCUT2D eigenvalue weighted by atomic mass is 10.1. The van der Waals surface area contributed by atoms with E-state index in [0.29, 0.717) is 0 Å². The third-order valence-corrected chi connectivity index (χ3v) is 1.93. The molecule has 0 heterocycles. The maximum absolute atomic E-state index is 13.2. The highest BCUT2D eigenvalue weighted by Crippen LogP contribution is 2.25. The van der Waals surface area contributed by atoms with Gasteiger partial charge in [-0.2, -0.15) is 0 Å². The van der Waals surface area contributed by atoms with Crippen molar-refractivity contribution in [1.29, 1.82) is 0 Å². The van der Waals surface area contributed by atoms with E-state index in [2.05, 4.69) is 0 Å². The van der Waals surface area contributed by atoms with Gasteiger partial charge >= 0.3 is 5.97 Å². The Labute approximate surface area is 93.2 Å². The molecule has 0 fully saturated rings. The number of hydrogen-bond donors (Lipinski definition) is 2. The molecule has 1 aromatic carbocycles. The van der Waals surface area contributed by atoms with E-state index in [1.807, 2.05) is 0 Å². The highest BCUT2D eigenvalue weighted by molar-refractivity contribution is 5.88. The molecule has 3 nitrogen and oxygen atoms in total. The van der Waals surface area contributed by atoms with E-state index in [0.717, 1.165) is 12.2 Å². The third-order valence-electron chi connectivity index (χ3n) is 1.93. The van der Waals surface area contributed by atoms with Gasteiger partial charge in [0.1, 0.15) is 5.56 Å². The van der Waals surface area contributed by atoms with Gasteiger partial charge < -0.3 is 10.8 Å². The van der Waals surface area contributed by atoms with E-state index in [-0.39, 0.29) is 6.54 Å². The fourth-order valence-corrected chi connectivity index (χ4v) is 1.17. The Morgan fingerprint density at radius 2 is 1.59 bits per heavy atom. The van der Waals surface area contributed by atoms with Crippen molar-refractivity contribution in [2.24, 2.45) is 5.73 Å². The first-order chi connectivity index (χ1) is 7.91. The normalized spacial score (nSPS) is 11.1. The smallest absolute Gasteiger partial charge is 0.341 e. The molecule has 92 valence electrons. The molecule has 0 aromatic heterocycles. The van der Waals surface area contributed by atoms with Crippen LogP contribution in [0.5, 0.6) is 0 Å². The van der Waals surface area contributed by atoms with Crippen LogP contribution in [0.15, 0.2) is 6.08 Å². The Morgan fingerprint density at radius 1 is 1.12 bits per heavy atom. The van der Waals surface area contributed by atoms with Gasteiger partial charge in [0, 0.05) is 6.54 Å². The number of nitrogens with two attached hydrogens (primary N) is 1. The van der Waals surface area contributed by atoms with Crippen molar-refractivity contribution in [1.82, 2.24) is 0 Å². The van der Waals surface area contributed by atoms with E-state index in [1.165, 1.54) is 0 Å². The maximum Gasteiger partial charge on any atom is 0.341 e. The molecule has 0 amide bonds. The second kappa shape index (κ2) is 4.96. The predicted molar refractivity (Wildman–Crippen MR) is 51.3 cm³/mol. The van der Waals surface area contributed by atoms with Gasteiger partial charge in [-0.05, 0) is 0 Å². The minimum absolute atomic E-state index is 0.0944.